The molecule has 3 N–H and O–H groups in total. The zero-order valence-corrected chi connectivity index (χ0v) is 16.8. The second-order valence-electron chi connectivity index (χ2n) is 6.33. The lowest BCUT2D eigenvalue weighted by Gasteiger charge is -2.09. The molecule has 4 rings (SSSR count). The maximum Gasteiger partial charge on any atom is 0.417 e. The van der Waals surface area contributed by atoms with Crippen LogP contribution in [-0.2, 0) is 6.18 Å². The Morgan fingerprint density at radius 1 is 1.17 bits per heavy atom. The largest absolute Gasteiger partial charge is 0.417 e. The number of fused-ring (bicyclic) bond motifs is 1. The fourth-order valence-corrected chi connectivity index (χ4v) is 4.65. The number of hydrogen-bond acceptors (Lipinski definition) is 6. The van der Waals surface area contributed by atoms with Gasteiger partial charge < -0.3 is 5.73 Å². The average molecular weight is 452 g/mol. The van der Waals surface area contributed by atoms with E-state index in [1.807, 2.05) is 0 Å². The van der Waals surface area contributed by atoms with Crippen LogP contribution in [0.2, 0.25) is 0 Å². The fraction of sp³-hybridized carbons (Fsp3) is 0.105. The Hall–Kier alpha value is -3.05. The third-order valence-electron chi connectivity index (χ3n) is 4.20. The van der Waals surface area contributed by atoms with Crippen LogP contribution >= 0.6 is 22.7 Å². The molecule has 0 aliphatic carbocycles. The molecule has 0 fully saturated rings. The summed E-state index contributed by atoms with van der Waals surface area (Å²) >= 11 is 1.91. The fourth-order valence-electron chi connectivity index (χ4n) is 2.87. The molecule has 154 valence electrons. The number of halogens is 4. The summed E-state index contributed by atoms with van der Waals surface area (Å²) in [6, 6.07) is 6.58. The van der Waals surface area contributed by atoms with Gasteiger partial charge in [0.2, 0.25) is 0 Å². The Bertz CT molecular complexity index is 1260. The molecule has 30 heavy (non-hydrogen) atoms. The molecule has 0 atom stereocenters. The van der Waals surface area contributed by atoms with Crippen LogP contribution in [0.3, 0.4) is 0 Å². The van der Waals surface area contributed by atoms with Gasteiger partial charge in [-0.25, -0.2) is 14.4 Å². The Balaban J connectivity index is 1.66. The number of pyridine rings is 1. The predicted octanol–water partition coefficient (Wildman–Crippen LogP) is 5.72. The van der Waals surface area contributed by atoms with E-state index in [2.05, 4.69) is 15.3 Å². The van der Waals surface area contributed by atoms with Gasteiger partial charge in [-0.3, -0.25) is 10.1 Å². The predicted molar refractivity (Wildman–Crippen MR) is 109 cm³/mol. The van der Waals surface area contributed by atoms with Gasteiger partial charge >= 0.3 is 6.18 Å². The maximum atomic E-state index is 13.4. The molecule has 1 aromatic carbocycles. The summed E-state index contributed by atoms with van der Waals surface area (Å²) in [4.78, 5) is 21.0. The SMILES string of the molecule is Cc1cc(C(F)(F)F)c2c(N)c(C(=O)Nc3nc(-c4ccc(F)cc4)cs3)sc2n1. The smallest absolute Gasteiger partial charge is 0.397 e. The van der Waals surface area contributed by atoms with E-state index in [1.165, 1.54) is 19.1 Å². The van der Waals surface area contributed by atoms with Crippen molar-refractivity contribution in [1.82, 2.24) is 9.97 Å². The lowest BCUT2D eigenvalue weighted by Crippen LogP contribution is -2.12. The van der Waals surface area contributed by atoms with E-state index in [0.29, 0.717) is 11.3 Å². The van der Waals surface area contributed by atoms with Crippen molar-refractivity contribution in [3.8, 4) is 11.3 Å². The van der Waals surface area contributed by atoms with Crippen LogP contribution in [0, 0.1) is 12.7 Å². The van der Waals surface area contributed by atoms with Gasteiger partial charge in [0.15, 0.2) is 5.13 Å². The number of nitrogen functional groups attached to an aromatic ring is 1. The third kappa shape index (κ3) is 3.73. The van der Waals surface area contributed by atoms with Crippen LogP contribution < -0.4 is 11.1 Å². The lowest BCUT2D eigenvalue weighted by molar-refractivity contribution is -0.136. The molecule has 0 radical (unpaired) electrons. The van der Waals surface area contributed by atoms with E-state index in [1.54, 1.807) is 17.5 Å². The summed E-state index contributed by atoms with van der Waals surface area (Å²) in [6.45, 7) is 1.44. The van der Waals surface area contributed by atoms with Gasteiger partial charge in [-0.1, -0.05) is 0 Å². The second-order valence-corrected chi connectivity index (χ2v) is 8.19. The van der Waals surface area contributed by atoms with Crippen molar-refractivity contribution in [1.29, 1.82) is 0 Å². The number of aryl methyl sites for hydroxylation is 1. The van der Waals surface area contributed by atoms with Crippen molar-refractivity contribution in [2.75, 3.05) is 11.1 Å². The average Bonchev–Trinajstić information content (AvgIpc) is 3.25. The molecular weight excluding hydrogens is 440 g/mol. The number of carbonyl (C=O) groups is 1. The number of amides is 1. The number of nitrogens with zero attached hydrogens (tertiary/aromatic N) is 2. The van der Waals surface area contributed by atoms with Crippen LogP contribution in [0.15, 0.2) is 35.7 Å². The second kappa shape index (κ2) is 7.33. The summed E-state index contributed by atoms with van der Waals surface area (Å²) < 4.78 is 53.3. The highest BCUT2D eigenvalue weighted by Crippen LogP contribution is 2.42. The van der Waals surface area contributed by atoms with Gasteiger partial charge in [0.05, 0.1) is 16.9 Å². The molecule has 11 heteroatoms. The van der Waals surface area contributed by atoms with Gasteiger partial charge in [0, 0.05) is 22.0 Å². The number of rotatable bonds is 3. The van der Waals surface area contributed by atoms with Gasteiger partial charge in [-0.05, 0) is 37.3 Å². The Morgan fingerprint density at radius 3 is 2.53 bits per heavy atom. The first-order valence-electron chi connectivity index (χ1n) is 8.43. The highest BCUT2D eigenvalue weighted by molar-refractivity contribution is 7.21. The molecule has 0 bridgehead atoms. The molecule has 1 amide bonds. The minimum absolute atomic E-state index is 0.0381. The molecule has 3 heterocycles. The number of hydrogen-bond donors (Lipinski definition) is 2. The van der Waals surface area contributed by atoms with Gasteiger partial charge in [-0.2, -0.15) is 13.2 Å². The summed E-state index contributed by atoms with van der Waals surface area (Å²) in [5, 5.41) is 4.17. The summed E-state index contributed by atoms with van der Waals surface area (Å²) in [5.41, 5.74) is 6.06. The zero-order valence-electron chi connectivity index (χ0n) is 15.2. The molecule has 0 aliphatic heterocycles. The highest BCUT2D eigenvalue weighted by atomic mass is 32.1. The van der Waals surface area contributed by atoms with Crippen LogP contribution in [0.1, 0.15) is 20.9 Å². The molecule has 0 saturated carbocycles. The minimum Gasteiger partial charge on any atom is -0.397 e. The maximum absolute atomic E-state index is 13.4. The van der Waals surface area contributed by atoms with E-state index in [9.17, 15) is 22.4 Å². The van der Waals surface area contributed by atoms with Crippen LogP contribution in [0.5, 0.6) is 0 Å². The molecule has 4 aromatic rings. The molecule has 3 aromatic heterocycles. The summed E-state index contributed by atoms with van der Waals surface area (Å²) in [5.74, 6) is -1.06. The first kappa shape index (κ1) is 20.2. The van der Waals surface area contributed by atoms with Crippen LogP contribution in [0.4, 0.5) is 28.4 Å². The number of nitrogens with one attached hydrogen (secondary N) is 1. The topological polar surface area (TPSA) is 80.9 Å². The number of anilines is 2. The van der Waals surface area contributed by atoms with Gasteiger partial charge in [0.1, 0.15) is 15.5 Å². The van der Waals surface area contributed by atoms with E-state index >= 15 is 0 Å². The van der Waals surface area contributed by atoms with E-state index in [-0.39, 0.29) is 37.4 Å². The van der Waals surface area contributed by atoms with Crippen molar-refractivity contribution in [3.05, 3.63) is 57.7 Å². The normalized spacial score (nSPS) is 11.8. The minimum atomic E-state index is -4.63. The molecule has 0 saturated heterocycles. The van der Waals surface area contributed by atoms with E-state index in [0.717, 1.165) is 28.7 Å². The van der Waals surface area contributed by atoms with Gasteiger partial charge in [-0.15, -0.1) is 22.7 Å². The summed E-state index contributed by atoms with van der Waals surface area (Å²) in [6.07, 6.45) is -4.63. The van der Waals surface area contributed by atoms with E-state index < -0.39 is 17.6 Å². The Labute approximate surface area is 175 Å². The molecular formula is C19H12F4N4OS2. The molecule has 0 spiro atoms. The van der Waals surface area contributed by atoms with E-state index in [4.69, 9.17) is 5.73 Å². The number of thiazole rings is 1. The zero-order chi connectivity index (χ0) is 21.6. The third-order valence-corrected chi connectivity index (χ3v) is 6.06. The van der Waals surface area contributed by atoms with Crippen molar-refractivity contribution in [3.63, 3.8) is 0 Å². The van der Waals surface area contributed by atoms with Crippen molar-refractivity contribution >= 4 is 49.6 Å². The number of nitrogens with two attached hydrogens (primary N) is 1. The van der Waals surface area contributed by atoms with Gasteiger partial charge in [0.25, 0.3) is 5.91 Å². The molecule has 0 unspecified atom stereocenters. The first-order chi connectivity index (χ1) is 14.1. The molecule has 5 nitrogen and oxygen atoms in total. The number of aromatic nitrogens is 2. The number of benzene rings is 1. The van der Waals surface area contributed by atoms with Crippen molar-refractivity contribution in [2.24, 2.45) is 0 Å². The van der Waals surface area contributed by atoms with Crippen LogP contribution in [0.25, 0.3) is 21.5 Å². The summed E-state index contributed by atoms with van der Waals surface area (Å²) in [7, 11) is 0. The lowest BCUT2D eigenvalue weighted by atomic mass is 10.1. The monoisotopic (exact) mass is 452 g/mol. The quantitative estimate of drug-likeness (QED) is 0.390. The standard InChI is InChI=1S/C19H12F4N4OS2/c1-8-6-11(19(21,22)23)13-14(24)15(30-17(13)25-8)16(28)27-18-26-12(7-29-18)9-2-4-10(20)5-3-9/h2-7H,24H2,1H3,(H,26,27,28). The number of thiophene rings is 1. The van der Waals surface area contributed by atoms with Crippen molar-refractivity contribution < 1.29 is 22.4 Å². The Kier molecular flexibility index (Phi) is 4.94. The molecule has 0 aliphatic rings. The first-order valence-corrected chi connectivity index (χ1v) is 10.1. The number of carbonyl (C=O) groups excluding carboxylic acids is 1. The highest BCUT2D eigenvalue weighted by Gasteiger charge is 2.36. The van der Waals surface area contributed by atoms with Crippen LogP contribution in [-0.4, -0.2) is 15.9 Å². The van der Waals surface area contributed by atoms with Crippen molar-refractivity contribution in [2.45, 2.75) is 13.1 Å². The Morgan fingerprint density at radius 2 is 1.87 bits per heavy atom. The number of alkyl halides is 3.